The molecule has 0 aliphatic rings. The molecule has 5 nitrogen and oxygen atoms in total. The van der Waals surface area contributed by atoms with Gasteiger partial charge < -0.3 is 5.11 Å². The average molecular weight is 159 g/mol. The van der Waals surface area contributed by atoms with Crippen LogP contribution in [0.4, 0.5) is 0 Å². The van der Waals surface area contributed by atoms with Gasteiger partial charge in [-0.1, -0.05) is 6.08 Å². The third-order valence-corrected chi connectivity index (χ3v) is 1.18. The zero-order valence-corrected chi connectivity index (χ0v) is 5.90. The number of nitrogens with zero attached hydrogens (tertiary/aromatic N) is 1. The predicted molar refractivity (Wildman–Crippen MR) is 37.8 cm³/mol. The standard InChI is InChI=1S/C6H9NO4/c1-2-3-4-5(6(8)9)7(10)11/h2,5H,1,3-4H2,(H,8,9). The summed E-state index contributed by atoms with van der Waals surface area (Å²) < 4.78 is 0. The summed E-state index contributed by atoms with van der Waals surface area (Å²) >= 11 is 0. The van der Waals surface area contributed by atoms with Gasteiger partial charge in [-0.15, -0.1) is 6.58 Å². The Morgan fingerprint density at radius 1 is 1.82 bits per heavy atom. The Balaban J connectivity index is 4.00. The third-order valence-electron chi connectivity index (χ3n) is 1.18. The van der Waals surface area contributed by atoms with Gasteiger partial charge in [-0.3, -0.25) is 10.1 Å². The molecule has 0 aromatic carbocycles. The van der Waals surface area contributed by atoms with Crippen LogP contribution in [-0.2, 0) is 4.79 Å². The van der Waals surface area contributed by atoms with E-state index in [1.165, 1.54) is 6.08 Å². The summed E-state index contributed by atoms with van der Waals surface area (Å²) in [6.07, 6.45) is 1.81. The Labute approximate surface area is 63.5 Å². The maximum absolute atomic E-state index is 10.2. The predicted octanol–water partition coefficient (Wildman–Crippen LogP) is 0.682. The second-order valence-electron chi connectivity index (χ2n) is 2.01. The van der Waals surface area contributed by atoms with Crippen molar-refractivity contribution >= 4 is 5.97 Å². The monoisotopic (exact) mass is 159 g/mol. The summed E-state index contributed by atoms with van der Waals surface area (Å²) in [5.41, 5.74) is 0. The van der Waals surface area contributed by atoms with Gasteiger partial charge in [0.1, 0.15) is 0 Å². The van der Waals surface area contributed by atoms with Crippen molar-refractivity contribution in [2.45, 2.75) is 18.9 Å². The van der Waals surface area contributed by atoms with Gasteiger partial charge in [-0.2, -0.15) is 0 Å². The zero-order valence-electron chi connectivity index (χ0n) is 5.90. The summed E-state index contributed by atoms with van der Waals surface area (Å²) in [5.74, 6) is -1.39. The lowest BCUT2D eigenvalue weighted by molar-refractivity contribution is -0.510. The van der Waals surface area contributed by atoms with Crippen molar-refractivity contribution in [3.05, 3.63) is 22.8 Å². The normalized spacial score (nSPS) is 12.0. The Hall–Kier alpha value is -1.39. The number of allylic oxidation sites excluding steroid dienone is 1. The van der Waals surface area contributed by atoms with Crippen molar-refractivity contribution in [1.82, 2.24) is 0 Å². The highest BCUT2D eigenvalue weighted by Crippen LogP contribution is 2.01. The van der Waals surface area contributed by atoms with Gasteiger partial charge in [0.2, 0.25) is 0 Å². The molecule has 0 heterocycles. The minimum absolute atomic E-state index is 0.00579. The minimum atomic E-state index is -1.49. The smallest absolute Gasteiger partial charge is 0.379 e. The molecule has 0 aromatic rings. The number of carboxylic acid groups (broad SMARTS) is 1. The van der Waals surface area contributed by atoms with E-state index in [4.69, 9.17) is 5.11 Å². The van der Waals surface area contributed by atoms with E-state index in [-0.39, 0.29) is 6.42 Å². The molecule has 1 unspecified atom stereocenters. The van der Waals surface area contributed by atoms with Gasteiger partial charge in [0.05, 0.1) is 0 Å². The average Bonchev–Trinajstić information content (AvgIpc) is 1.87. The van der Waals surface area contributed by atoms with Crippen LogP contribution < -0.4 is 0 Å². The van der Waals surface area contributed by atoms with Crippen LogP contribution in [0.1, 0.15) is 12.8 Å². The molecule has 0 fully saturated rings. The summed E-state index contributed by atoms with van der Waals surface area (Å²) in [4.78, 5) is 19.4. The Bertz CT molecular complexity index is 163. The summed E-state index contributed by atoms with van der Waals surface area (Å²) in [6.45, 7) is 3.34. The van der Waals surface area contributed by atoms with Gasteiger partial charge in [0.15, 0.2) is 0 Å². The Morgan fingerprint density at radius 3 is 2.64 bits per heavy atom. The van der Waals surface area contributed by atoms with E-state index in [0.29, 0.717) is 6.42 Å². The van der Waals surface area contributed by atoms with Crippen LogP contribution in [0.5, 0.6) is 0 Å². The molecular formula is C6H9NO4. The molecule has 0 radical (unpaired) electrons. The largest absolute Gasteiger partial charge is 0.476 e. The SMILES string of the molecule is C=CCCC(C(=O)O)[N+](=O)[O-]. The quantitative estimate of drug-likeness (QED) is 0.363. The summed E-state index contributed by atoms with van der Waals surface area (Å²) in [7, 11) is 0. The molecule has 0 aliphatic heterocycles. The first-order chi connectivity index (χ1) is 5.09. The third kappa shape index (κ3) is 3.34. The summed E-state index contributed by atoms with van der Waals surface area (Å²) in [6, 6.07) is -1.49. The van der Waals surface area contributed by atoms with Gasteiger partial charge in [0.25, 0.3) is 0 Å². The number of hydrogen-bond acceptors (Lipinski definition) is 3. The van der Waals surface area contributed by atoms with E-state index in [1.54, 1.807) is 0 Å². The van der Waals surface area contributed by atoms with E-state index in [2.05, 4.69) is 6.58 Å². The molecular weight excluding hydrogens is 150 g/mol. The van der Waals surface area contributed by atoms with Crippen LogP contribution in [0.2, 0.25) is 0 Å². The number of aliphatic carboxylic acids is 1. The van der Waals surface area contributed by atoms with Crippen LogP contribution in [-0.4, -0.2) is 22.0 Å². The molecule has 11 heavy (non-hydrogen) atoms. The molecule has 0 amide bonds. The van der Waals surface area contributed by atoms with Crippen molar-refractivity contribution in [3.8, 4) is 0 Å². The van der Waals surface area contributed by atoms with Gasteiger partial charge >= 0.3 is 12.0 Å². The maximum Gasteiger partial charge on any atom is 0.379 e. The van der Waals surface area contributed by atoms with Gasteiger partial charge in [-0.25, -0.2) is 4.79 Å². The van der Waals surface area contributed by atoms with E-state index in [0.717, 1.165) is 0 Å². The van der Waals surface area contributed by atoms with Crippen molar-refractivity contribution in [3.63, 3.8) is 0 Å². The van der Waals surface area contributed by atoms with E-state index in [1.807, 2.05) is 0 Å². The number of nitro groups is 1. The molecule has 0 spiro atoms. The highest BCUT2D eigenvalue weighted by atomic mass is 16.6. The van der Waals surface area contributed by atoms with Gasteiger partial charge in [0, 0.05) is 11.3 Å². The van der Waals surface area contributed by atoms with E-state index in [9.17, 15) is 14.9 Å². The Morgan fingerprint density at radius 2 is 2.36 bits per heavy atom. The fraction of sp³-hybridized carbons (Fsp3) is 0.500. The molecule has 1 N–H and O–H groups in total. The lowest BCUT2D eigenvalue weighted by atomic mass is 10.2. The maximum atomic E-state index is 10.2. The highest BCUT2D eigenvalue weighted by molar-refractivity contribution is 5.71. The molecule has 5 heteroatoms. The Kier molecular flexibility index (Phi) is 3.87. The number of carboxylic acids is 1. The molecule has 0 saturated heterocycles. The van der Waals surface area contributed by atoms with Crippen LogP contribution in [0, 0.1) is 10.1 Å². The number of hydrogen-bond donors (Lipinski definition) is 1. The van der Waals surface area contributed by atoms with Crippen molar-refractivity contribution < 1.29 is 14.8 Å². The molecule has 0 bridgehead atoms. The van der Waals surface area contributed by atoms with E-state index < -0.39 is 16.9 Å². The molecule has 0 aromatic heterocycles. The zero-order chi connectivity index (χ0) is 8.85. The fourth-order valence-electron chi connectivity index (χ4n) is 0.595. The molecule has 0 rings (SSSR count). The van der Waals surface area contributed by atoms with Gasteiger partial charge in [-0.05, 0) is 6.42 Å². The molecule has 0 saturated carbocycles. The number of rotatable bonds is 5. The van der Waals surface area contributed by atoms with Crippen LogP contribution in [0.15, 0.2) is 12.7 Å². The van der Waals surface area contributed by atoms with E-state index >= 15 is 0 Å². The summed E-state index contributed by atoms with van der Waals surface area (Å²) in [5, 5.41) is 18.3. The molecule has 62 valence electrons. The first-order valence-corrected chi connectivity index (χ1v) is 3.06. The lowest BCUT2D eigenvalue weighted by Gasteiger charge is -2.00. The molecule has 0 aliphatic carbocycles. The lowest BCUT2D eigenvalue weighted by Crippen LogP contribution is -2.28. The highest BCUT2D eigenvalue weighted by Gasteiger charge is 2.27. The first kappa shape index (κ1) is 9.61. The second kappa shape index (κ2) is 4.43. The fourth-order valence-corrected chi connectivity index (χ4v) is 0.595. The minimum Gasteiger partial charge on any atom is -0.476 e. The van der Waals surface area contributed by atoms with Crippen molar-refractivity contribution in [2.75, 3.05) is 0 Å². The van der Waals surface area contributed by atoms with Crippen molar-refractivity contribution in [1.29, 1.82) is 0 Å². The topological polar surface area (TPSA) is 80.4 Å². The molecule has 1 atom stereocenters. The second-order valence-corrected chi connectivity index (χ2v) is 2.01. The van der Waals surface area contributed by atoms with Crippen molar-refractivity contribution in [2.24, 2.45) is 0 Å². The van der Waals surface area contributed by atoms with Crippen LogP contribution in [0.3, 0.4) is 0 Å². The number of carbonyl (C=O) groups is 1. The van der Waals surface area contributed by atoms with Crippen LogP contribution >= 0.6 is 0 Å². The van der Waals surface area contributed by atoms with Crippen LogP contribution in [0.25, 0.3) is 0 Å². The first-order valence-electron chi connectivity index (χ1n) is 3.06.